The highest BCUT2D eigenvalue weighted by molar-refractivity contribution is 6.13. The van der Waals surface area contributed by atoms with Crippen LogP contribution >= 0.6 is 0 Å². The zero-order chi connectivity index (χ0) is 21.5. The number of halogens is 1. The summed E-state index contributed by atoms with van der Waals surface area (Å²) in [5, 5.41) is 1.26. The largest absolute Gasteiger partial charge is 0.455 e. The molecule has 6 rings (SSSR count). The summed E-state index contributed by atoms with van der Waals surface area (Å²) in [5.41, 5.74) is 7.01. The minimum absolute atomic E-state index is 0.296. The van der Waals surface area contributed by atoms with Crippen LogP contribution < -0.4 is 0 Å². The van der Waals surface area contributed by atoms with Gasteiger partial charge in [-0.1, -0.05) is 78.9 Å². The molecule has 0 fully saturated rings. The molecule has 6 aromatic rings. The third kappa shape index (κ3) is 2.98. The average molecular weight is 415 g/mol. The Hall–Kier alpha value is -4.24. The summed E-state index contributed by atoms with van der Waals surface area (Å²) in [6.45, 7) is 0. The first kappa shape index (κ1) is 18.5. The summed E-state index contributed by atoms with van der Waals surface area (Å²) in [6.07, 6.45) is 1.73. The second-order valence-electron chi connectivity index (χ2n) is 7.74. The van der Waals surface area contributed by atoms with Gasteiger partial charge in [0.25, 0.3) is 0 Å². The van der Waals surface area contributed by atoms with Gasteiger partial charge in [0, 0.05) is 22.7 Å². The number of aromatic nitrogens is 1. The Balaban J connectivity index is 1.55. The Morgan fingerprint density at radius 1 is 0.562 bits per heavy atom. The molecule has 3 heteroatoms. The van der Waals surface area contributed by atoms with E-state index in [9.17, 15) is 4.39 Å². The van der Waals surface area contributed by atoms with Crippen molar-refractivity contribution >= 4 is 21.9 Å². The molecule has 152 valence electrons. The van der Waals surface area contributed by atoms with Crippen molar-refractivity contribution in [1.82, 2.24) is 4.98 Å². The highest BCUT2D eigenvalue weighted by Crippen LogP contribution is 2.40. The predicted octanol–water partition coefficient (Wildman–Crippen LogP) is 8.12. The lowest BCUT2D eigenvalue weighted by molar-refractivity contribution is 0.634. The van der Waals surface area contributed by atoms with Crippen LogP contribution in [0.1, 0.15) is 0 Å². The second kappa shape index (κ2) is 7.47. The van der Waals surface area contributed by atoms with Gasteiger partial charge < -0.3 is 4.42 Å². The van der Waals surface area contributed by atoms with Gasteiger partial charge >= 0.3 is 0 Å². The van der Waals surface area contributed by atoms with Crippen molar-refractivity contribution in [2.45, 2.75) is 0 Å². The van der Waals surface area contributed by atoms with Crippen LogP contribution in [-0.2, 0) is 0 Å². The monoisotopic (exact) mass is 415 g/mol. The van der Waals surface area contributed by atoms with Crippen LogP contribution in [0.4, 0.5) is 4.39 Å². The standard InChI is InChI=1S/C29H18FNO/c30-25-17-16-23(26-11-4-5-18-31-26)29-27(25)24-10-6-9-22(28(24)32-29)21-14-12-20(13-15-21)19-7-2-1-3-8-19/h1-18H. The van der Waals surface area contributed by atoms with Gasteiger partial charge in [-0.2, -0.15) is 0 Å². The van der Waals surface area contributed by atoms with E-state index in [-0.39, 0.29) is 5.82 Å². The first-order valence-corrected chi connectivity index (χ1v) is 10.5. The average Bonchev–Trinajstić information content (AvgIpc) is 3.26. The quantitative estimate of drug-likeness (QED) is 0.292. The van der Waals surface area contributed by atoms with Crippen molar-refractivity contribution in [2.24, 2.45) is 0 Å². The smallest absolute Gasteiger partial charge is 0.147 e. The highest BCUT2D eigenvalue weighted by Gasteiger charge is 2.19. The normalized spacial score (nSPS) is 11.3. The molecule has 0 aliphatic rings. The van der Waals surface area contributed by atoms with Gasteiger partial charge in [0.1, 0.15) is 17.0 Å². The molecule has 0 saturated carbocycles. The lowest BCUT2D eigenvalue weighted by Gasteiger charge is -2.05. The van der Waals surface area contributed by atoms with Crippen molar-refractivity contribution in [2.75, 3.05) is 0 Å². The van der Waals surface area contributed by atoms with Crippen LogP contribution in [0, 0.1) is 5.82 Å². The van der Waals surface area contributed by atoms with E-state index >= 15 is 0 Å². The zero-order valence-electron chi connectivity index (χ0n) is 17.1. The van der Waals surface area contributed by atoms with Gasteiger partial charge in [0.2, 0.25) is 0 Å². The molecule has 0 aliphatic heterocycles. The zero-order valence-corrected chi connectivity index (χ0v) is 17.1. The number of para-hydroxylation sites is 1. The number of fused-ring (bicyclic) bond motifs is 3. The molecule has 0 N–H and O–H groups in total. The summed E-state index contributed by atoms with van der Waals surface area (Å²) < 4.78 is 21.3. The predicted molar refractivity (Wildman–Crippen MR) is 128 cm³/mol. The van der Waals surface area contributed by atoms with E-state index in [0.29, 0.717) is 16.6 Å². The van der Waals surface area contributed by atoms with E-state index < -0.39 is 0 Å². The van der Waals surface area contributed by atoms with E-state index in [0.717, 1.165) is 33.3 Å². The van der Waals surface area contributed by atoms with Crippen LogP contribution in [0.15, 0.2) is 114 Å². The van der Waals surface area contributed by atoms with Crippen LogP contribution in [0.5, 0.6) is 0 Å². The number of benzene rings is 4. The molecule has 0 atom stereocenters. The molecule has 0 saturated heterocycles. The van der Waals surface area contributed by atoms with E-state index in [1.54, 1.807) is 12.3 Å². The molecule has 2 nitrogen and oxygen atoms in total. The Morgan fingerprint density at radius 3 is 2.09 bits per heavy atom. The molecular weight excluding hydrogens is 397 g/mol. The number of hydrogen-bond donors (Lipinski definition) is 0. The molecule has 0 bridgehead atoms. The van der Waals surface area contributed by atoms with E-state index in [2.05, 4.69) is 41.4 Å². The minimum Gasteiger partial charge on any atom is -0.455 e. The molecule has 0 amide bonds. The van der Waals surface area contributed by atoms with Crippen molar-refractivity contribution in [1.29, 1.82) is 0 Å². The van der Waals surface area contributed by atoms with Crippen molar-refractivity contribution in [3.63, 3.8) is 0 Å². The molecule has 2 heterocycles. The maximum Gasteiger partial charge on any atom is 0.147 e. The SMILES string of the molecule is Fc1ccc(-c2ccccn2)c2oc3c(-c4ccc(-c5ccccc5)cc4)cccc3c12. The third-order valence-corrected chi connectivity index (χ3v) is 5.84. The highest BCUT2D eigenvalue weighted by atomic mass is 19.1. The maximum atomic E-state index is 14.9. The fraction of sp³-hybridized carbons (Fsp3) is 0. The molecule has 32 heavy (non-hydrogen) atoms. The van der Waals surface area contributed by atoms with Gasteiger partial charge in [0.05, 0.1) is 11.1 Å². The Bertz CT molecular complexity index is 1550. The van der Waals surface area contributed by atoms with Gasteiger partial charge in [-0.15, -0.1) is 0 Å². The van der Waals surface area contributed by atoms with Crippen molar-refractivity contribution in [3.05, 3.63) is 115 Å². The molecule has 0 spiro atoms. The summed E-state index contributed by atoms with van der Waals surface area (Å²) in [6, 6.07) is 33.4. The first-order valence-electron chi connectivity index (χ1n) is 10.5. The second-order valence-corrected chi connectivity index (χ2v) is 7.74. The lowest BCUT2D eigenvalue weighted by Crippen LogP contribution is -1.84. The number of rotatable bonds is 3. The van der Waals surface area contributed by atoms with Crippen LogP contribution in [0.3, 0.4) is 0 Å². The summed E-state index contributed by atoms with van der Waals surface area (Å²) in [4.78, 5) is 4.44. The Labute approximate surface area is 184 Å². The summed E-state index contributed by atoms with van der Waals surface area (Å²) >= 11 is 0. The molecule has 0 unspecified atom stereocenters. The number of furan rings is 1. The maximum absolute atomic E-state index is 14.9. The first-order chi connectivity index (χ1) is 15.8. The Kier molecular flexibility index (Phi) is 4.32. The fourth-order valence-corrected chi connectivity index (χ4v) is 4.29. The molecule has 2 aromatic heterocycles. The van der Waals surface area contributed by atoms with E-state index in [1.165, 1.54) is 11.6 Å². The fourth-order valence-electron chi connectivity index (χ4n) is 4.29. The molecular formula is C29H18FNO. The van der Waals surface area contributed by atoms with Crippen LogP contribution in [0.25, 0.3) is 55.4 Å². The number of pyridine rings is 1. The number of nitrogens with zero attached hydrogens (tertiary/aromatic N) is 1. The van der Waals surface area contributed by atoms with Gasteiger partial charge in [0.15, 0.2) is 0 Å². The number of hydrogen-bond acceptors (Lipinski definition) is 2. The molecule has 0 aliphatic carbocycles. The topological polar surface area (TPSA) is 26.0 Å². The molecule has 0 radical (unpaired) electrons. The van der Waals surface area contributed by atoms with Crippen LogP contribution in [-0.4, -0.2) is 4.98 Å². The van der Waals surface area contributed by atoms with E-state index in [4.69, 9.17) is 4.42 Å². The third-order valence-electron chi connectivity index (χ3n) is 5.84. The summed E-state index contributed by atoms with van der Waals surface area (Å²) in [7, 11) is 0. The van der Waals surface area contributed by atoms with Gasteiger partial charge in [-0.3, -0.25) is 4.98 Å². The Morgan fingerprint density at radius 2 is 1.31 bits per heavy atom. The van der Waals surface area contributed by atoms with E-state index in [1.807, 2.05) is 54.6 Å². The van der Waals surface area contributed by atoms with Gasteiger partial charge in [-0.25, -0.2) is 4.39 Å². The summed E-state index contributed by atoms with van der Waals surface area (Å²) in [5.74, 6) is -0.296. The van der Waals surface area contributed by atoms with Crippen molar-refractivity contribution < 1.29 is 8.81 Å². The van der Waals surface area contributed by atoms with Crippen molar-refractivity contribution in [3.8, 4) is 33.5 Å². The lowest BCUT2D eigenvalue weighted by atomic mass is 9.98. The van der Waals surface area contributed by atoms with Crippen LogP contribution in [0.2, 0.25) is 0 Å². The van der Waals surface area contributed by atoms with Gasteiger partial charge in [-0.05, 0) is 41.0 Å². The minimum atomic E-state index is -0.296. The molecule has 4 aromatic carbocycles.